The van der Waals surface area contributed by atoms with Crippen LogP contribution in [-0.2, 0) is 16.0 Å². The lowest BCUT2D eigenvalue weighted by atomic mass is 9.89. The van der Waals surface area contributed by atoms with E-state index in [1.165, 1.54) is 18.2 Å². The third-order valence-electron chi connectivity index (χ3n) is 4.87. The van der Waals surface area contributed by atoms with E-state index in [0.717, 1.165) is 35.0 Å². The van der Waals surface area contributed by atoms with Crippen molar-refractivity contribution in [1.29, 1.82) is 0 Å². The molecular formula is C23H23BrO3. The lowest BCUT2D eigenvalue weighted by molar-refractivity contribution is -0.140. The first-order valence-electron chi connectivity index (χ1n) is 9.15. The van der Waals surface area contributed by atoms with E-state index in [1.807, 2.05) is 24.3 Å². The minimum atomic E-state index is -0.257. The molecule has 0 N–H and O–H groups in total. The Morgan fingerprint density at radius 1 is 1.26 bits per heavy atom. The number of ether oxygens (including phenoxy) is 2. The predicted molar refractivity (Wildman–Crippen MR) is 110 cm³/mol. The second-order valence-electron chi connectivity index (χ2n) is 6.60. The highest BCUT2D eigenvalue weighted by Gasteiger charge is 2.23. The Morgan fingerprint density at radius 3 is 2.74 bits per heavy atom. The number of benzene rings is 2. The van der Waals surface area contributed by atoms with E-state index in [9.17, 15) is 4.79 Å². The van der Waals surface area contributed by atoms with Crippen molar-refractivity contribution in [3.8, 4) is 17.6 Å². The molecule has 0 radical (unpaired) electrons. The van der Waals surface area contributed by atoms with Crippen molar-refractivity contribution in [3.63, 3.8) is 0 Å². The second-order valence-corrected chi connectivity index (χ2v) is 7.46. The predicted octanol–water partition coefficient (Wildman–Crippen LogP) is 5.58. The van der Waals surface area contributed by atoms with Gasteiger partial charge >= 0.3 is 5.97 Å². The van der Waals surface area contributed by atoms with E-state index in [0.29, 0.717) is 0 Å². The van der Waals surface area contributed by atoms with Crippen molar-refractivity contribution in [3.05, 3.63) is 63.6 Å². The number of rotatable bonds is 5. The summed E-state index contributed by atoms with van der Waals surface area (Å²) < 4.78 is 12.2. The zero-order chi connectivity index (χ0) is 19.2. The highest BCUT2D eigenvalue weighted by atomic mass is 79.9. The second kappa shape index (κ2) is 9.10. The quantitative estimate of drug-likeness (QED) is 0.462. The van der Waals surface area contributed by atoms with Gasteiger partial charge in [-0.1, -0.05) is 46.1 Å². The van der Waals surface area contributed by atoms with Gasteiger partial charge in [0.1, 0.15) is 11.9 Å². The number of methoxy groups -OCH3 is 1. The molecule has 1 aliphatic rings. The molecule has 2 atom stereocenters. The van der Waals surface area contributed by atoms with E-state index >= 15 is 0 Å². The van der Waals surface area contributed by atoms with Crippen molar-refractivity contribution < 1.29 is 14.3 Å². The van der Waals surface area contributed by atoms with Crippen molar-refractivity contribution >= 4 is 21.9 Å². The number of halogens is 1. The molecule has 3 rings (SSSR count). The number of esters is 1. The molecule has 1 aliphatic carbocycles. The molecule has 2 aromatic rings. The SMILES string of the molecule is CC#C[C@@H](CC(=O)OC)c1ccc(OC2CCCc3c(Br)cccc32)cc1. The first-order chi connectivity index (χ1) is 13.1. The van der Waals surface area contributed by atoms with Gasteiger partial charge in [0.05, 0.1) is 19.4 Å². The lowest BCUT2D eigenvalue weighted by Gasteiger charge is -2.27. The largest absolute Gasteiger partial charge is 0.486 e. The van der Waals surface area contributed by atoms with E-state index in [1.54, 1.807) is 6.92 Å². The molecular weight excluding hydrogens is 404 g/mol. The molecule has 0 heterocycles. The van der Waals surface area contributed by atoms with Gasteiger partial charge in [-0.3, -0.25) is 4.79 Å². The van der Waals surface area contributed by atoms with Crippen LogP contribution >= 0.6 is 15.9 Å². The fourth-order valence-corrected chi connectivity index (χ4v) is 4.08. The van der Waals surface area contributed by atoms with Gasteiger partial charge in [-0.15, -0.1) is 5.92 Å². The van der Waals surface area contributed by atoms with Crippen molar-refractivity contribution in [1.82, 2.24) is 0 Å². The highest BCUT2D eigenvalue weighted by molar-refractivity contribution is 9.10. The van der Waals surface area contributed by atoms with E-state index in [4.69, 9.17) is 9.47 Å². The van der Waals surface area contributed by atoms with Crippen LogP contribution in [0.2, 0.25) is 0 Å². The molecule has 0 saturated carbocycles. The molecule has 3 nitrogen and oxygen atoms in total. The number of hydrogen-bond acceptors (Lipinski definition) is 3. The average Bonchev–Trinajstić information content (AvgIpc) is 2.69. The summed E-state index contributed by atoms with van der Waals surface area (Å²) in [5.74, 6) is 6.40. The molecule has 0 bridgehead atoms. The molecule has 27 heavy (non-hydrogen) atoms. The summed E-state index contributed by atoms with van der Waals surface area (Å²) >= 11 is 3.65. The zero-order valence-corrected chi connectivity index (χ0v) is 17.2. The van der Waals surface area contributed by atoms with Crippen LogP contribution in [0, 0.1) is 11.8 Å². The van der Waals surface area contributed by atoms with Crippen LogP contribution in [0.3, 0.4) is 0 Å². The Balaban J connectivity index is 1.76. The molecule has 0 saturated heterocycles. The third-order valence-corrected chi connectivity index (χ3v) is 5.62. The smallest absolute Gasteiger partial charge is 0.307 e. The monoisotopic (exact) mass is 426 g/mol. The van der Waals surface area contributed by atoms with Crippen molar-refractivity contribution in [2.45, 2.75) is 44.6 Å². The molecule has 0 spiro atoms. The van der Waals surface area contributed by atoms with E-state index in [2.05, 4.69) is 46.0 Å². The molecule has 140 valence electrons. The van der Waals surface area contributed by atoms with Crippen LogP contribution < -0.4 is 4.74 Å². The first-order valence-corrected chi connectivity index (χ1v) is 9.94. The van der Waals surface area contributed by atoms with E-state index < -0.39 is 0 Å². The van der Waals surface area contributed by atoms with Crippen molar-refractivity contribution in [2.75, 3.05) is 7.11 Å². The summed E-state index contributed by atoms with van der Waals surface area (Å²) in [4.78, 5) is 11.6. The van der Waals surface area contributed by atoms with Gasteiger partial charge in [-0.2, -0.15) is 0 Å². The minimum Gasteiger partial charge on any atom is -0.486 e. The summed E-state index contributed by atoms with van der Waals surface area (Å²) in [6, 6.07) is 14.2. The number of fused-ring (bicyclic) bond motifs is 1. The lowest BCUT2D eigenvalue weighted by Crippen LogP contribution is -2.15. The fraction of sp³-hybridized carbons (Fsp3) is 0.348. The number of carbonyl (C=O) groups excluding carboxylic acids is 1. The summed E-state index contributed by atoms with van der Waals surface area (Å²) in [6.45, 7) is 1.78. The summed E-state index contributed by atoms with van der Waals surface area (Å²) in [7, 11) is 1.40. The summed E-state index contributed by atoms with van der Waals surface area (Å²) in [5, 5.41) is 0. The molecule has 4 heteroatoms. The van der Waals surface area contributed by atoms with Crippen molar-refractivity contribution in [2.24, 2.45) is 0 Å². The number of hydrogen-bond donors (Lipinski definition) is 0. The Hall–Kier alpha value is -2.25. The molecule has 0 aromatic heterocycles. The summed E-state index contributed by atoms with van der Waals surface area (Å²) in [5.41, 5.74) is 3.61. The highest BCUT2D eigenvalue weighted by Crippen LogP contribution is 2.37. The van der Waals surface area contributed by atoms with Gasteiger partial charge < -0.3 is 9.47 Å². The van der Waals surface area contributed by atoms with Crippen LogP contribution in [0.15, 0.2) is 46.9 Å². The topological polar surface area (TPSA) is 35.5 Å². The van der Waals surface area contributed by atoms with Crippen LogP contribution in [0.25, 0.3) is 0 Å². The van der Waals surface area contributed by atoms with Crippen LogP contribution in [0.5, 0.6) is 5.75 Å². The van der Waals surface area contributed by atoms with Gasteiger partial charge in [-0.05, 0) is 61.1 Å². The standard InChI is InChI=1S/C23H23BrO3/c1-3-6-17(15-23(25)26-2)16-11-13-18(14-12-16)27-22-10-5-7-19-20(22)8-4-9-21(19)24/h4,8-9,11-14,17,22H,5,7,10,15H2,1-2H3/t17-,22?/m0/s1. The third kappa shape index (κ3) is 4.73. The molecule has 0 aliphatic heterocycles. The maximum Gasteiger partial charge on any atom is 0.307 e. The van der Waals surface area contributed by atoms with Gasteiger partial charge in [0, 0.05) is 4.47 Å². The Morgan fingerprint density at radius 2 is 2.04 bits per heavy atom. The molecule has 0 fully saturated rings. The van der Waals surface area contributed by atoms with Crippen LogP contribution in [0.4, 0.5) is 0 Å². The van der Waals surface area contributed by atoms with Gasteiger partial charge in [0.15, 0.2) is 0 Å². The Bertz CT molecular complexity index is 861. The Kier molecular flexibility index (Phi) is 6.58. The maximum absolute atomic E-state index is 11.6. The minimum absolute atomic E-state index is 0.0680. The summed E-state index contributed by atoms with van der Waals surface area (Å²) in [6.07, 6.45) is 3.53. The van der Waals surface area contributed by atoms with Crippen LogP contribution in [-0.4, -0.2) is 13.1 Å². The maximum atomic E-state index is 11.6. The average molecular weight is 427 g/mol. The van der Waals surface area contributed by atoms with Gasteiger partial charge in [0.25, 0.3) is 0 Å². The molecule has 2 aromatic carbocycles. The first kappa shape index (κ1) is 19.5. The fourth-order valence-electron chi connectivity index (χ4n) is 3.50. The van der Waals surface area contributed by atoms with E-state index in [-0.39, 0.29) is 24.4 Å². The normalized spacial score (nSPS) is 16.5. The molecule has 0 amide bonds. The number of carbonyl (C=O) groups is 1. The van der Waals surface area contributed by atoms with Crippen LogP contribution in [0.1, 0.15) is 54.9 Å². The molecule has 1 unspecified atom stereocenters. The Labute approximate surface area is 169 Å². The van der Waals surface area contributed by atoms with Gasteiger partial charge in [0.2, 0.25) is 0 Å². The van der Waals surface area contributed by atoms with Gasteiger partial charge in [-0.25, -0.2) is 0 Å². The zero-order valence-electron chi connectivity index (χ0n) is 15.6.